The van der Waals surface area contributed by atoms with E-state index in [0.717, 1.165) is 0 Å². The average molecular weight is 260 g/mol. The molecular weight excluding hydrogens is 249 g/mol. The van der Waals surface area contributed by atoms with Gasteiger partial charge < -0.3 is 5.11 Å². The second kappa shape index (κ2) is 4.23. The second-order valence-corrected chi connectivity index (χ2v) is 6.16. The molecule has 1 heterocycles. The predicted molar refractivity (Wildman–Crippen MR) is 48.6 cm³/mol. The van der Waals surface area contributed by atoms with Crippen LogP contribution in [0.5, 0.6) is 0 Å². The largest absolute Gasteiger partial charge is 0.481 e. The number of sulfone groups is 1. The first-order valence-electron chi connectivity index (χ1n) is 4.61. The molecule has 0 aromatic carbocycles. The van der Waals surface area contributed by atoms with Crippen molar-refractivity contribution in [3.8, 4) is 0 Å². The Kier molecular flexibility index (Phi) is 3.51. The van der Waals surface area contributed by atoms with Crippen LogP contribution < -0.4 is 0 Å². The zero-order valence-corrected chi connectivity index (χ0v) is 9.01. The Morgan fingerprint density at radius 2 is 2.00 bits per heavy atom. The fourth-order valence-corrected chi connectivity index (χ4v) is 3.73. The van der Waals surface area contributed by atoms with Gasteiger partial charge in [0.1, 0.15) is 0 Å². The van der Waals surface area contributed by atoms with E-state index in [1.807, 2.05) is 0 Å². The zero-order valence-electron chi connectivity index (χ0n) is 8.20. The molecule has 0 aromatic rings. The van der Waals surface area contributed by atoms with Gasteiger partial charge in [0, 0.05) is 0 Å². The molecule has 0 aromatic heterocycles. The summed E-state index contributed by atoms with van der Waals surface area (Å²) < 4.78 is 58.4. The molecule has 0 aliphatic carbocycles. The van der Waals surface area contributed by atoms with Crippen LogP contribution in [-0.4, -0.2) is 37.2 Å². The van der Waals surface area contributed by atoms with Gasteiger partial charge in [-0.2, -0.15) is 13.2 Å². The van der Waals surface area contributed by atoms with Crippen LogP contribution in [0.4, 0.5) is 13.2 Å². The molecule has 1 aliphatic rings. The van der Waals surface area contributed by atoms with Crippen molar-refractivity contribution in [2.45, 2.75) is 19.0 Å². The molecule has 0 amide bonds. The number of rotatable bonds is 3. The standard InChI is InChI=1S/C8H11F3O4S/c9-8(10,11)3-6(7(12)13)5-1-2-16(14,15)4-5/h5-6H,1-4H2,(H,12,13). The molecule has 0 bridgehead atoms. The smallest absolute Gasteiger partial charge is 0.389 e. The van der Waals surface area contributed by atoms with Crippen molar-refractivity contribution >= 4 is 15.8 Å². The summed E-state index contributed by atoms with van der Waals surface area (Å²) in [6.45, 7) is 0. The number of carboxylic acids is 1. The number of carboxylic acid groups (broad SMARTS) is 1. The van der Waals surface area contributed by atoms with Crippen LogP contribution in [-0.2, 0) is 14.6 Å². The maximum Gasteiger partial charge on any atom is 0.389 e. The summed E-state index contributed by atoms with van der Waals surface area (Å²) in [7, 11) is -3.36. The Hall–Kier alpha value is -0.790. The number of hydrogen-bond donors (Lipinski definition) is 1. The fourth-order valence-electron chi connectivity index (χ4n) is 1.85. The number of alkyl halides is 3. The van der Waals surface area contributed by atoms with E-state index in [4.69, 9.17) is 5.11 Å². The molecule has 16 heavy (non-hydrogen) atoms. The van der Waals surface area contributed by atoms with Crippen molar-refractivity contribution in [1.82, 2.24) is 0 Å². The molecule has 0 saturated carbocycles. The van der Waals surface area contributed by atoms with Gasteiger partial charge in [-0.1, -0.05) is 0 Å². The molecule has 1 aliphatic heterocycles. The third kappa shape index (κ3) is 3.66. The Bertz CT molecular complexity index is 373. The molecule has 0 spiro atoms. The van der Waals surface area contributed by atoms with Gasteiger partial charge in [-0.05, 0) is 12.3 Å². The quantitative estimate of drug-likeness (QED) is 0.824. The minimum absolute atomic E-state index is 0.00458. The van der Waals surface area contributed by atoms with Gasteiger partial charge in [-0.3, -0.25) is 4.79 Å². The van der Waals surface area contributed by atoms with Crippen LogP contribution in [0.25, 0.3) is 0 Å². The van der Waals surface area contributed by atoms with E-state index < -0.39 is 46.0 Å². The Labute approximate surface area is 90.4 Å². The number of halogens is 3. The molecule has 94 valence electrons. The lowest BCUT2D eigenvalue weighted by Crippen LogP contribution is -2.29. The number of carbonyl (C=O) groups is 1. The summed E-state index contributed by atoms with van der Waals surface area (Å²) in [5, 5.41) is 8.67. The number of aliphatic carboxylic acids is 1. The van der Waals surface area contributed by atoms with Gasteiger partial charge in [0.15, 0.2) is 9.84 Å². The van der Waals surface area contributed by atoms with Crippen molar-refractivity contribution in [2.75, 3.05) is 11.5 Å². The van der Waals surface area contributed by atoms with Crippen LogP contribution in [0.3, 0.4) is 0 Å². The van der Waals surface area contributed by atoms with Crippen LogP contribution in [0.15, 0.2) is 0 Å². The van der Waals surface area contributed by atoms with Crippen LogP contribution in [0.1, 0.15) is 12.8 Å². The third-order valence-corrected chi connectivity index (χ3v) is 4.40. The van der Waals surface area contributed by atoms with E-state index in [-0.39, 0.29) is 12.2 Å². The number of hydrogen-bond acceptors (Lipinski definition) is 3. The van der Waals surface area contributed by atoms with Crippen molar-refractivity contribution in [3.05, 3.63) is 0 Å². The first-order valence-corrected chi connectivity index (χ1v) is 6.43. The zero-order chi connectivity index (χ0) is 12.6. The maximum atomic E-state index is 12.1. The first-order chi connectivity index (χ1) is 7.11. The van der Waals surface area contributed by atoms with Gasteiger partial charge in [-0.25, -0.2) is 8.42 Å². The second-order valence-electron chi connectivity index (χ2n) is 3.93. The summed E-state index contributed by atoms with van der Waals surface area (Å²) in [6.07, 6.45) is -6.06. The summed E-state index contributed by atoms with van der Waals surface area (Å²) in [6, 6.07) is 0. The van der Waals surface area contributed by atoms with Crippen molar-refractivity contribution < 1.29 is 31.5 Å². The topological polar surface area (TPSA) is 71.4 Å². The molecule has 2 atom stereocenters. The van der Waals surface area contributed by atoms with E-state index in [9.17, 15) is 26.4 Å². The summed E-state index contributed by atoms with van der Waals surface area (Å²) in [5.41, 5.74) is 0. The summed E-state index contributed by atoms with van der Waals surface area (Å²) in [5.74, 6) is -4.85. The molecule has 8 heteroatoms. The lowest BCUT2D eigenvalue weighted by molar-refractivity contribution is -0.167. The monoisotopic (exact) mass is 260 g/mol. The van der Waals surface area contributed by atoms with E-state index in [2.05, 4.69) is 0 Å². The molecule has 1 fully saturated rings. The molecule has 2 unspecified atom stereocenters. The van der Waals surface area contributed by atoms with E-state index in [1.165, 1.54) is 0 Å². The van der Waals surface area contributed by atoms with Gasteiger partial charge in [-0.15, -0.1) is 0 Å². The Balaban J connectivity index is 2.77. The van der Waals surface area contributed by atoms with Crippen molar-refractivity contribution in [2.24, 2.45) is 11.8 Å². The summed E-state index contributed by atoms with van der Waals surface area (Å²) in [4.78, 5) is 10.7. The summed E-state index contributed by atoms with van der Waals surface area (Å²) >= 11 is 0. The Morgan fingerprint density at radius 3 is 2.31 bits per heavy atom. The highest BCUT2D eigenvalue weighted by molar-refractivity contribution is 7.91. The molecule has 1 N–H and O–H groups in total. The third-order valence-electron chi connectivity index (χ3n) is 2.61. The highest BCUT2D eigenvalue weighted by Crippen LogP contribution is 2.34. The molecule has 0 radical (unpaired) electrons. The fraction of sp³-hybridized carbons (Fsp3) is 0.875. The van der Waals surface area contributed by atoms with Crippen molar-refractivity contribution in [1.29, 1.82) is 0 Å². The molecule has 4 nitrogen and oxygen atoms in total. The van der Waals surface area contributed by atoms with Crippen molar-refractivity contribution in [3.63, 3.8) is 0 Å². The molecular formula is C8H11F3O4S. The van der Waals surface area contributed by atoms with Gasteiger partial charge in [0.25, 0.3) is 0 Å². The molecule has 1 rings (SSSR count). The van der Waals surface area contributed by atoms with E-state index in [1.54, 1.807) is 0 Å². The van der Waals surface area contributed by atoms with Gasteiger partial charge in [0.2, 0.25) is 0 Å². The van der Waals surface area contributed by atoms with E-state index in [0.29, 0.717) is 0 Å². The highest BCUT2D eigenvalue weighted by atomic mass is 32.2. The lowest BCUT2D eigenvalue weighted by atomic mass is 9.89. The minimum Gasteiger partial charge on any atom is -0.481 e. The highest BCUT2D eigenvalue weighted by Gasteiger charge is 2.43. The van der Waals surface area contributed by atoms with Gasteiger partial charge >= 0.3 is 12.1 Å². The Morgan fingerprint density at radius 1 is 1.44 bits per heavy atom. The van der Waals surface area contributed by atoms with Gasteiger partial charge in [0.05, 0.1) is 23.8 Å². The van der Waals surface area contributed by atoms with E-state index >= 15 is 0 Å². The van der Waals surface area contributed by atoms with Crippen LogP contribution in [0.2, 0.25) is 0 Å². The first kappa shape index (κ1) is 13.3. The maximum absolute atomic E-state index is 12.1. The average Bonchev–Trinajstić information content (AvgIpc) is 2.39. The minimum atomic E-state index is -4.59. The predicted octanol–water partition coefficient (Wildman–Crippen LogP) is 1.07. The SMILES string of the molecule is O=C(O)C(CC(F)(F)F)C1CCS(=O)(=O)C1. The molecule has 1 saturated heterocycles. The lowest BCUT2D eigenvalue weighted by Gasteiger charge is -2.19. The normalized spacial score (nSPS) is 26.6. The van der Waals surface area contributed by atoms with Crippen LogP contribution >= 0.6 is 0 Å². The van der Waals surface area contributed by atoms with Crippen LogP contribution in [0, 0.1) is 11.8 Å².